The molecule has 0 unspecified atom stereocenters. The summed E-state index contributed by atoms with van der Waals surface area (Å²) in [5, 5.41) is 20.8. The van der Waals surface area contributed by atoms with E-state index in [-0.39, 0.29) is 5.71 Å². The summed E-state index contributed by atoms with van der Waals surface area (Å²) < 4.78 is 5.66. The van der Waals surface area contributed by atoms with Crippen LogP contribution >= 0.6 is 23.2 Å². The number of rotatable bonds is 6. The SMILES string of the molecule is N#C/C(=N\Nc1ccc(OCc2ccc(Cl)cc2Cl)cc1)C(=N)N. The van der Waals surface area contributed by atoms with Crippen molar-refractivity contribution in [2.45, 2.75) is 6.61 Å². The summed E-state index contributed by atoms with van der Waals surface area (Å²) in [4.78, 5) is 0. The van der Waals surface area contributed by atoms with Gasteiger partial charge in [0.25, 0.3) is 0 Å². The van der Waals surface area contributed by atoms with Crippen molar-refractivity contribution in [1.29, 1.82) is 10.7 Å². The first-order valence-corrected chi connectivity index (χ1v) is 7.50. The van der Waals surface area contributed by atoms with Gasteiger partial charge >= 0.3 is 0 Å². The molecule has 8 heteroatoms. The first kappa shape index (κ1) is 17.6. The van der Waals surface area contributed by atoms with Gasteiger partial charge in [0.1, 0.15) is 18.4 Å². The fourth-order valence-corrected chi connectivity index (χ4v) is 2.15. The highest BCUT2D eigenvalue weighted by Gasteiger charge is 2.03. The molecule has 0 aliphatic rings. The lowest BCUT2D eigenvalue weighted by Crippen LogP contribution is -2.21. The number of nitrogens with one attached hydrogen (secondary N) is 2. The van der Waals surface area contributed by atoms with E-state index in [1.165, 1.54) is 0 Å². The second-order valence-electron chi connectivity index (χ2n) is 4.65. The van der Waals surface area contributed by atoms with E-state index < -0.39 is 5.84 Å². The van der Waals surface area contributed by atoms with Crippen LogP contribution in [0.2, 0.25) is 10.0 Å². The molecule has 0 heterocycles. The Labute approximate surface area is 149 Å². The normalized spacial score (nSPS) is 10.8. The molecule has 2 rings (SSSR count). The number of nitrogens with two attached hydrogens (primary N) is 1. The van der Waals surface area contributed by atoms with Crippen molar-refractivity contribution in [3.63, 3.8) is 0 Å². The van der Waals surface area contributed by atoms with Crippen molar-refractivity contribution < 1.29 is 4.74 Å². The van der Waals surface area contributed by atoms with Crippen LogP contribution in [0.15, 0.2) is 47.6 Å². The van der Waals surface area contributed by atoms with Crippen molar-refractivity contribution in [1.82, 2.24) is 0 Å². The Morgan fingerprint density at radius 1 is 1.25 bits per heavy atom. The lowest BCUT2D eigenvalue weighted by Gasteiger charge is -2.09. The van der Waals surface area contributed by atoms with Crippen LogP contribution in [0.1, 0.15) is 5.56 Å². The van der Waals surface area contributed by atoms with Crippen LogP contribution in [0, 0.1) is 16.7 Å². The second kappa shape index (κ2) is 8.20. The molecular weight excluding hydrogens is 349 g/mol. The quantitative estimate of drug-likeness (QED) is 0.413. The van der Waals surface area contributed by atoms with E-state index in [1.807, 2.05) is 0 Å². The number of nitriles is 1. The average Bonchev–Trinajstić information content (AvgIpc) is 2.55. The smallest absolute Gasteiger partial charge is 0.201 e. The van der Waals surface area contributed by atoms with Gasteiger partial charge in [-0.15, -0.1) is 0 Å². The molecule has 0 bridgehead atoms. The van der Waals surface area contributed by atoms with E-state index in [2.05, 4.69) is 10.5 Å². The molecule has 0 saturated heterocycles. The zero-order valence-electron chi connectivity index (χ0n) is 12.4. The minimum absolute atomic E-state index is 0.187. The molecule has 0 saturated carbocycles. The first-order valence-electron chi connectivity index (χ1n) is 6.74. The Bertz CT molecular complexity index is 812. The molecule has 0 aliphatic heterocycles. The number of hydrogen-bond acceptors (Lipinski definition) is 5. The number of hydrogen-bond donors (Lipinski definition) is 3. The summed E-state index contributed by atoms with van der Waals surface area (Å²) in [5.41, 5.74) is 9.11. The lowest BCUT2D eigenvalue weighted by atomic mass is 10.2. The lowest BCUT2D eigenvalue weighted by molar-refractivity contribution is 0.306. The molecule has 0 amide bonds. The first-order chi connectivity index (χ1) is 11.5. The van der Waals surface area contributed by atoms with Gasteiger partial charge in [-0.05, 0) is 36.4 Å². The number of ether oxygens (including phenoxy) is 1. The van der Waals surface area contributed by atoms with Gasteiger partial charge in [0.2, 0.25) is 5.71 Å². The van der Waals surface area contributed by atoms with Crippen molar-refractivity contribution in [3.05, 3.63) is 58.1 Å². The predicted octanol–water partition coefficient (Wildman–Crippen LogP) is 3.80. The van der Waals surface area contributed by atoms with Gasteiger partial charge in [-0.3, -0.25) is 10.8 Å². The number of hydrazone groups is 1. The number of amidine groups is 1. The molecule has 0 radical (unpaired) electrons. The number of halogens is 2. The Balaban J connectivity index is 1.97. The molecule has 122 valence electrons. The maximum absolute atomic E-state index is 8.76. The minimum atomic E-state index is -0.398. The van der Waals surface area contributed by atoms with E-state index in [0.29, 0.717) is 28.1 Å². The van der Waals surface area contributed by atoms with Crippen molar-refractivity contribution in [3.8, 4) is 11.8 Å². The van der Waals surface area contributed by atoms with Gasteiger partial charge in [-0.2, -0.15) is 10.4 Å². The van der Waals surface area contributed by atoms with Crippen LogP contribution in [0.4, 0.5) is 5.69 Å². The summed E-state index contributed by atoms with van der Waals surface area (Å²) in [6.07, 6.45) is 0. The van der Waals surface area contributed by atoms with Crippen molar-refractivity contribution in [2.75, 3.05) is 5.43 Å². The van der Waals surface area contributed by atoms with Crippen LogP contribution < -0.4 is 15.9 Å². The zero-order valence-corrected chi connectivity index (χ0v) is 13.9. The molecule has 0 spiro atoms. The molecule has 6 nitrogen and oxygen atoms in total. The molecule has 2 aromatic rings. The van der Waals surface area contributed by atoms with Crippen molar-refractivity contribution in [2.24, 2.45) is 10.8 Å². The molecular formula is C16H13Cl2N5O. The number of anilines is 1. The second-order valence-corrected chi connectivity index (χ2v) is 5.49. The maximum atomic E-state index is 8.76. The van der Waals surface area contributed by atoms with E-state index in [1.54, 1.807) is 48.5 Å². The van der Waals surface area contributed by atoms with Gasteiger partial charge < -0.3 is 10.5 Å². The molecule has 0 fully saturated rings. The Kier molecular flexibility index (Phi) is 6.01. The summed E-state index contributed by atoms with van der Waals surface area (Å²) >= 11 is 11.9. The van der Waals surface area contributed by atoms with Crippen LogP contribution in [0.25, 0.3) is 0 Å². The van der Waals surface area contributed by atoms with E-state index in [0.717, 1.165) is 5.56 Å². The van der Waals surface area contributed by atoms with E-state index >= 15 is 0 Å². The highest BCUT2D eigenvalue weighted by molar-refractivity contribution is 6.45. The molecule has 0 aliphatic carbocycles. The third kappa shape index (κ3) is 4.88. The summed E-state index contributed by atoms with van der Waals surface area (Å²) in [6.45, 7) is 0.309. The van der Waals surface area contributed by atoms with Gasteiger partial charge in [0, 0.05) is 15.6 Å². The van der Waals surface area contributed by atoms with Gasteiger partial charge in [-0.25, -0.2) is 0 Å². The summed E-state index contributed by atoms with van der Waals surface area (Å²) in [6, 6.07) is 13.9. The fraction of sp³-hybridized carbons (Fsp3) is 0.0625. The molecule has 0 aromatic heterocycles. The van der Waals surface area contributed by atoms with Gasteiger partial charge in [0.15, 0.2) is 5.84 Å². The minimum Gasteiger partial charge on any atom is -0.489 e. The van der Waals surface area contributed by atoms with E-state index in [4.69, 9.17) is 44.3 Å². The highest BCUT2D eigenvalue weighted by Crippen LogP contribution is 2.23. The Hall–Kier alpha value is -2.75. The van der Waals surface area contributed by atoms with Crippen LogP contribution in [-0.4, -0.2) is 11.5 Å². The van der Waals surface area contributed by atoms with Crippen LogP contribution in [0.3, 0.4) is 0 Å². The third-order valence-corrected chi connectivity index (χ3v) is 3.51. The topological polar surface area (TPSA) is 107 Å². The third-order valence-electron chi connectivity index (χ3n) is 2.92. The maximum Gasteiger partial charge on any atom is 0.201 e. The average molecular weight is 362 g/mol. The monoisotopic (exact) mass is 361 g/mol. The molecule has 2 aromatic carbocycles. The summed E-state index contributed by atoms with van der Waals surface area (Å²) in [5.74, 6) is 0.243. The Morgan fingerprint density at radius 3 is 2.54 bits per heavy atom. The summed E-state index contributed by atoms with van der Waals surface area (Å²) in [7, 11) is 0. The van der Waals surface area contributed by atoms with Crippen LogP contribution in [0.5, 0.6) is 5.75 Å². The molecule has 24 heavy (non-hydrogen) atoms. The van der Waals surface area contributed by atoms with Crippen molar-refractivity contribution >= 4 is 40.4 Å². The molecule has 4 N–H and O–H groups in total. The fourth-order valence-electron chi connectivity index (χ4n) is 1.69. The highest BCUT2D eigenvalue weighted by atomic mass is 35.5. The number of nitrogens with zero attached hydrogens (tertiary/aromatic N) is 2. The Morgan fingerprint density at radius 2 is 1.96 bits per heavy atom. The largest absolute Gasteiger partial charge is 0.489 e. The van der Waals surface area contributed by atoms with Gasteiger partial charge in [-0.1, -0.05) is 29.3 Å². The standard InChI is InChI=1S/C16H13Cl2N5O/c17-11-2-1-10(14(18)7-11)9-24-13-5-3-12(4-6-13)22-23-15(8-19)16(20)21/h1-7,22H,9H2,(H3,20,21)/b23-15+. The molecule has 0 atom stereocenters. The predicted molar refractivity (Wildman–Crippen MR) is 95.8 cm³/mol. The van der Waals surface area contributed by atoms with Gasteiger partial charge in [0.05, 0.1) is 5.69 Å². The van der Waals surface area contributed by atoms with Crippen LogP contribution in [-0.2, 0) is 6.61 Å². The number of benzene rings is 2. The van der Waals surface area contributed by atoms with E-state index in [9.17, 15) is 0 Å². The zero-order chi connectivity index (χ0) is 17.5.